The van der Waals surface area contributed by atoms with Crippen molar-refractivity contribution in [2.45, 2.75) is 31.5 Å². The van der Waals surface area contributed by atoms with Crippen LogP contribution in [-0.4, -0.2) is 12.2 Å². The fourth-order valence-corrected chi connectivity index (χ4v) is 1.74. The summed E-state index contributed by atoms with van der Waals surface area (Å²) in [6, 6.07) is 3.83. The normalized spacial score (nSPS) is 31.3. The van der Waals surface area contributed by atoms with E-state index in [2.05, 4.69) is 0 Å². The minimum Gasteiger partial charge on any atom is -0.365 e. The average molecular weight is 160 g/mol. The summed E-state index contributed by atoms with van der Waals surface area (Å²) in [5.41, 5.74) is 1.19. The van der Waals surface area contributed by atoms with Gasteiger partial charge in [-0.05, 0) is 24.8 Å². The monoisotopic (exact) mass is 160 g/mol. The summed E-state index contributed by atoms with van der Waals surface area (Å²) in [6.07, 6.45) is 3.40. The third kappa shape index (κ3) is 0.995. The molecule has 2 fully saturated rings. The molecule has 1 saturated heterocycles. The zero-order chi connectivity index (χ0) is 8.55. The average Bonchev–Trinajstić information content (AvgIpc) is 2.86. The molecule has 3 heteroatoms. The Morgan fingerprint density at radius 1 is 1.42 bits per heavy atom. The van der Waals surface area contributed by atoms with E-state index in [0.717, 1.165) is 24.8 Å². The maximum Gasteiger partial charge on any atom is 0.131 e. The Balaban J connectivity index is 2.28. The van der Waals surface area contributed by atoms with Gasteiger partial charge >= 0.3 is 0 Å². The predicted molar refractivity (Wildman–Crippen MR) is 40.8 cm³/mol. The highest BCUT2D eigenvalue weighted by atomic mass is 16.6. The molecule has 0 aromatic rings. The molecule has 0 spiro atoms. The van der Waals surface area contributed by atoms with Crippen molar-refractivity contribution in [2.24, 2.45) is 0 Å². The first-order chi connectivity index (χ1) is 5.86. The summed E-state index contributed by atoms with van der Waals surface area (Å²) in [5.74, 6) is 0. The summed E-state index contributed by atoms with van der Waals surface area (Å²) in [7, 11) is 0. The fourth-order valence-electron chi connectivity index (χ4n) is 1.74. The molecule has 0 unspecified atom stereocenters. The van der Waals surface area contributed by atoms with Crippen molar-refractivity contribution in [2.75, 3.05) is 0 Å². The maximum absolute atomic E-state index is 8.63. The van der Waals surface area contributed by atoms with Crippen LogP contribution in [0.4, 0.5) is 0 Å². The molecule has 1 heterocycles. The van der Waals surface area contributed by atoms with Crippen molar-refractivity contribution in [1.82, 2.24) is 0 Å². The molecule has 12 heavy (non-hydrogen) atoms. The standard InChI is InChI=1S/C9H8N2O/c10-4-6(5-11)7-2-1-3-8-9(7)12-8/h8-9H,1-3H2/t8-,9+/m0/s1. The highest BCUT2D eigenvalue weighted by Gasteiger charge is 2.45. The largest absolute Gasteiger partial charge is 0.365 e. The molecule has 0 aromatic carbocycles. The zero-order valence-electron chi connectivity index (χ0n) is 6.58. The van der Waals surface area contributed by atoms with Gasteiger partial charge in [0.05, 0.1) is 6.10 Å². The van der Waals surface area contributed by atoms with Crippen molar-refractivity contribution in [3.05, 3.63) is 11.1 Å². The summed E-state index contributed by atoms with van der Waals surface area (Å²) in [6.45, 7) is 0. The number of epoxide rings is 1. The highest BCUT2D eigenvalue weighted by Crippen LogP contribution is 2.41. The van der Waals surface area contributed by atoms with Gasteiger partial charge in [0.25, 0.3) is 0 Å². The molecule has 2 rings (SSSR count). The third-order valence-corrected chi connectivity index (χ3v) is 2.41. The number of nitrogens with zero attached hydrogens (tertiary/aromatic N) is 2. The van der Waals surface area contributed by atoms with Crippen molar-refractivity contribution < 1.29 is 4.74 Å². The van der Waals surface area contributed by atoms with Crippen molar-refractivity contribution >= 4 is 0 Å². The van der Waals surface area contributed by atoms with Crippen LogP contribution in [0, 0.1) is 22.7 Å². The predicted octanol–water partition coefficient (Wildman–Crippen LogP) is 1.28. The van der Waals surface area contributed by atoms with Gasteiger partial charge in [-0.1, -0.05) is 0 Å². The molecular weight excluding hydrogens is 152 g/mol. The van der Waals surface area contributed by atoms with E-state index in [-0.39, 0.29) is 11.7 Å². The zero-order valence-corrected chi connectivity index (χ0v) is 6.58. The van der Waals surface area contributed by atoms with Crippen LogP contribution in [-0.2, 0) is 4.74 Å². The van der Waals surface area contributed by atoms with Crippen molar-refractivity contribution in [3.8, 4) is 12.1 Å². The van der Waals surface area contributed by atoms with Crippen LogP contribution in [0.2, 0.25) is 0 Å². The molecule has 60 valence electrons. The number of hydrogen-bond acceptors (Lipinski definition) is 3. The first kappa shape index (κ1) is 7.34. The Hall–Kier alpha value is -1.32. The van der Waals surface area contributed by atoms with Crippen LogP contribution in [0.15, 0.2) is 11.1 Å². The quantitative estimate of drug-likeness (QED) is 0.396. The number of fused-ring (bicyclic) bond motifs is 1. The number of hydrogen-bond donors (Lipinski definition) is 0. The first-order valence-electron chi connectivity index (χ1n) is 4.05. The van der Waals surface area contributed by atoms with Gasteiger partial charge in [0.15, 0.2) is 0 Å². The van der Waals surface area contributed by atoms with Gasteiger partial charge in [0, 0.05) is 0 Å². The molecule has 0 radical (unpaired) electrons. The van der Waals surface area contributed by atoms with Crippen molar-refractivity contribution in [1.29, 1.82) is 10.5 Å². The van der Waals surface area contributed by atoms with Gasteiger partial charge in [-0.25, -0.2) is 0 Å². The van der Waals surface area contributed by atoms with Crippen LogP contribution in [0.1, 0.15) is 19.3 Å². The smallest absolute Gasteiger partial charge is 0.131 e. The molecule has 0 bridgehead atoms. The molecule has 0 aromatic heterocycles. The lowest BCUT2D eigenvalue weighted by molar-refractivity contribution is 0.384. The highest BCUT2D eigenvalue weighted by molar-refractivity contribution is 5.44. The summed E-state index contributed by atoms with van der Waals surface area (Å²) >= 11 is 0. The van der Waals surface area contributed by atoms with Crippen LogP contribution in [0.25, 0.3) is 0 Å². The molecule has 0 N–H and O–H groups in total. The molecule has 1 aliphatic heterocycles. The lowest BCUT2D eigenvalue weighted by Crippen LogP contribution is -2.07. The van der Waals surface area contributed by atoms with E-state index >= 15 is 0 Å². The lowest BCUT2D eigenvalue weighted by Gasteiger charge is -2.07. The minimum atomic E-state index is 0.105. The number of rotatable bonds is 0. The van der Waals surface area contributed by atoms with Crippen molar-refractivity contribution in [3.63, 3.8) is 0 Å². The van der Waals surface area contributed by atoms with Gasteiger partial charge < -0.3 is 4.74 Å². The molecule has 3 nitrogen and oxygen atoms in total. The topological polar surface area (TPSA) is 60.1 Å². The van der Waals surface area contributed by atoms with Crippen LogP contribution >= 0.6 is 0 Å². The van der Waals surface area contributed by atoms with Gasteiger partial charge in [-0.2, -0.15) is 10.5 Å². The first-order valence-corrected chi connectivity index (χ1v) is 4.05. The second kappa shape index (κ2) is 2.62. The van der Waals surface area contributed by atoms with Gasteiger partial charge in [0.1, 0.15) is 23.8 Å². The SMILES string of the molecule is N#CC(C#N)=C1CCC[C@@H]2O[C@H]12. The van der Waals surface area contributed by atoms with E-state index in [0.29, 0.717) is 6.10 Å². The second-order valence-electron chi connectivity index (χ2n) is 3.11. The molecule has 1 aliphatic carbocycles. The molecule has 0 amide bonds. The Bertz CT molecular complexity index is 302. The molecule has 2 aliphatic rings. The fraction of sp³-hybridized carbons (Fsp3) is 0.556. The van der Waals surface area contributed by atoms with E-state index in [9.17, 15) is 0 Å². The summed E-state index contributed by atoms with van der Waals surface area (Å²) in [4.78, 5) is 0. The Morgan fingerprint density at radius 3 is 2.83 bits per heavy atom. The van der Waals surface area contributed by atoms with Gasteiger partial charge in [-0.3, -0.25) is 0 Å². The Labute approximate surface area is 70.9 Å². The number of allylic oxidation sites excluding steroid dienone is 1. The van der Waals surface area contributed by atoms with E-state index in [4.69, 9.17) is 15.3 Å². The van der Waals surface area contributed by atoms with Crippen LogP contribution in [0.5, 0.6) is 0 Å². The Kier molecular flexibility index (Phi) is 1.60. The van der Waals surface area contributed by atoms with E-state index in [1.54, 1.807) is 0 Å². The van der Waals surface area contributed by atoms with E-state index in [1.165, 1.54) is 0 Å². The number of nitriles is 2. The third-order valence-electron chi connectivity index (χ3n) is 2.41. The van der Waals surface area contributed by atoms with E-state index in [1.807, 2.05) is 12.1 Å². The van der Waals surface area contributed by atoms with Gasteiger partial charge in [0.2, 0.25) is 0 Å². The maximum atomic E-state index is 8.63. The minimum absolute atomic E-state index is 0.105. The lowest BCUT2D eigenvalue weighted by atomic mass is 9.92. The van der Waals surface area contributed by atoms with E-state index < -0.39 is 0 Å². The molecule has 2 atom stereocenters. The molecular formula is C9H8N2O. The van der Waals surface area contributed by atoms with Crippen LogP contribution < -0.4 is 0 Å². The summed E-state index contributed by atoms with van der Waals surface area (Å²) < 4.78 is 5.31. The second-order valence-corrected chi connectivity index (χ2v) is 3.11. The van der Waals surface area contributed by atoms with Crippen LogP contribution in [0.3, 0.4) is 0 Å². The Morgan fingerprint density at radius 2 is 2.17 bits per heavy atom. The number of ether oxygens (including phenoxy) is 1. The summed E-state index contributed by atoms with van der Waals surface area (Å²) in [5, 5.41) is 17.3. The van der Waals surface area contributed by atoms with Gasteiger partial charge in [-0.15, -0.1) is 0 Å². The molecule has 1 saturated carbocycles.